The average Bonchev–Trinajstić information content (AvgIpc) is 2.85. The van der Waals surface area contributed by atoms with Crippen LogP contribution in [0, 0.1) is 19.8 Å². The van der Waals surface area contributed by atoms with Gasteiger partial charge >= 0.3 is 5.97 Å². The molecule has 1 aromatic carbocycles. The minimum Gasteiger partial charge on any atom is -0.478 e. The number of ketones is 1. The van der Waals surface area contributed by atoms with Crippen molar-refractivity contribution in [2.24, 2.45) is 5.92 Å². The standard InChI is InChI=1S/C17H19ClO5/c1-8-12(16(20)21)9(2)14-15(13(8)18)23-17(3,22-14)10-4-6-11(19)7-5-10/h10H,4-7H2,1-3H3,(H,20,21). The summed E-state index contributed by atoms with van der Waals surface area (Å²) in [5.74, 6) is -0.815. The van der Waals surface area contributed by atoms with Gasteiger partial charge in [0.15, 0.2) is 11.5 Å². The lowest BCUT2D eigenvalue weighted by Gasteiger charge is -2.34. The highest BCUT2D eigenvalue weighted by molar-refractivity contribution is 6.33. The summed E-state index contributed by atoms with van der Waals surface area (Å²) in [6, 6.07) is 0. The van der Waals surface area contributed by atoms with Crippen molar-refractivity contribution in [1.29, 1.82) is 0 Å². The molecule has 6 heteroatoms. The topological polar surface area (TPSA) is 72.8 Å². The molecule has 1 heterocycles. The number of fused-ring (bicyclic) bond motifs is 1. The Morgan fingerprint density at radius 2 is 1.74 bits per heavy atom. The number of aromatic carboxylic acids is 1. The number of rotatable bonds is 2. The predicted octanol–water partition coefficient (Wildman–Crippen LogP) is 3.90. The van der Waals surface area contributed by atoms with Crippen LogP contribution in [0.1, 0.15) is 54.1 Å². The largest absolute Gasteiger partial charge is 0.478 e. The number of halogens is 1. The van der Waals surface area contributed by atoms with Crippen LogP contribution in [-0.4, -0.2) is 22.6 Å². The van der Waals surface area contributed by atoms with Crippen molar-refractivity contribution in [2.75, 3.05) is 0 Å². The molecule has 1 unspecified atom stereocenters. The molecular weight excluding hydrogens is 320 g/mol. The van der Waals surface area contributed by atoms with E-state index < -0.39 is 11.8 Å². The monoisotopic (exact) mass is 338 g/mol. The summed E-state index contributed by atoms with van der Waals surface area (Å²) in [5, 5.41) is 9.69. The Hall–Kier alpha value is -1.75. The molecule has 1 aliphatic carbocycles. The third-order valence-corrected chi connectivity index (χ3v) is 5.39. The number of hydrogen-bond donors (Lipinski definition) is 1. The van der Waals surface area contributed by atoms with Gasteiger partial charge in [0, 0.05) is 31.2 Å². The van der Waals surface area contributed by atoms with Crippen LogP contribution in [0.25, 0.3) is 0 Å². The summed E-state index contributed by atoms with van der Waals surface area (Å²) in [7, 11) is 0. The van der Waals surface area contributed by atoms with Gasteiger partial charge in [0.2, 0.25) is 0 Å². The lowest BCUT2D eigenvalue weighted by Crippen LogP contribution is -2.44. The van der Waals surface area contributed by atoms with Gasteiger partial charge in [0.25, 0.3) is 5.79 Å². The lowest BCUT2D eigenvalue weighted by molar-refractivity contribution is -0.135. The zero-order valence-electron chi connectivity index (χ0n) is 13.4. The smallest absolute Gasteiger partial charge is 0.336 e. The maximum atomic E-state index is 11.5. The normalized spacial score (nSPS) is 24.1. The summed E-state index contributed by atoms with van der Waals surface area (Å²) >= 11 is 6.33. The van der Waals surface area contributed by atoms with Crippen molar-refractivity contribution >= 4 is 23.4 Å². The van der Waals surface area contributed by atoms with Crippen LogP contribution in [0.3, 0.4) is 0 Å². The fourth-order valence-electron chi connectivity index (χ4n) is 3.54. The van der Waals surface area contributed by atoms with E-state index in [0.717, 1.165) is 0 Å². The van der Waals surface area contributed by atoms with Gasteiger partial charge < -0.3 is 14.6 Å². The highest BCUT2D eigenvalue weighted by atomic mass is 35.5. The van der Waals surface area contributed by atoms with Gasteiger partial charge in [-0.05, 0) is 32.3 Å². The van der Waals surface area contributed by atoms with Crippen LogP contribution in [-0.2, 0) is 4.79 Å². The first-order valence-electron chi connectivity index (χ1n) is 7.70. The van der Waals surface area contributed by atoms with E-state index in [1.807, 2.05) is 6.92 Å². The molecule has 5 nitrogen and oxygen atoms in total. The Labute approximate surface area is 139 Å². The van der Waals surface area contributed by atoms with Gasteiger partial charge in [-0.2, -0.15) is 0 Å². The molecule has 23 heavy (non-hydrogen) atoms. The molecular formula is C17H19ClO5. The predicted molar refractivity (Wildman–Crippen MR) is 84.5 cm³/mol. The maximum Gasteiger partial charge on any atom is 0.336 e. The second-order valence-corrected chi connectivity index (χ2v) is 6.81. The summed E-state index contributed by atoms with van der Waals surface area (Å²) in [6.45, 7) is 5.20. The van der Waals surface area contributed by atoms with Crippen molar-refractivity contribution in [3.63, 3.8) is 0 Å². The van der Waals surface area contributed by atoms with E-state index in [0.29, 0.717) is 48.3 Å². The van der Waals surface area contributed by atoms with E-state index in [1.165, 1.54) is 0 Å². The van der Waals surface area contributed by atoms with Crippen molar-refractivity contribution in [3.8, 4) is 11.5 Å². The van der Waals surface area contributed by atoms with Crippen LogP contribution >= 0.6 is 11.6 Å². The van der Waals surface area contributed by atoms with Gasteiger partial charge in [0.05, 0.1) is 10.6 Å². The number of carbonyl (C=O) groups excluding carboxylic acids is 1. The number of benzene rings is 1. The Bertz CT molecular complexity index is 702. The summed E-state index contributed by atoms with van der Waals surface area (Å²) < 4.78 is 12.1. The number of carboxylic acid groups (broad SMARTS) is 1. The number of carboxylic acids is 1. The fraction of sp³-hybridized carbons (Fsp3) is 0.529. The molecule has 0 spiro atoms. The van der Waals surface area contributed by atoms with Crippen LogP contribution in [0.4, 0.5) is 0 Å². The molecule has 0 bridgehead atoms. The van der Waals surface area contributed by atoms with E-state index in [-0.39, 0.29) is 22.3 Å². The van der Waals surface area contributed by atoms with E-state index in [2.05, 4.69) is 0 Å². The number of ether oxygens (including phenoxy) is 2. The first-order chi connectivity index (χ1) is 10.7. The zero-order valence-corrected chi connectivity index (χ0v) is 14.1. The number of carbonyl (C=O) groups is 2. The molecule has 1 aliphatic heterocycles. The molecule has 0 aromatic heterocycles. The zero-order chi connectivity index (χ0) is 16.9. The van der Waals surface area contributed by atoms with Crippen molar-refractivity contribution < 1.29 is 24.2 Å². The van der Waals surface area contributed by atoms with E-state index >= 15 is 0 Å². The van der Waals surface area contributed by atoms with E-state index in [4.69, 9.17) is 21.1 Å². The van der Waals surface area contributed by atoms with E-state index in [9.17, 15) is 14.7 Å². The highest BCUT2D eigenvalue weighted by Crippen LogP contribution is 2.52. The Morgan fingerprint density at radius 1 is 1.17 bits per heavy atom. The van der Waals surface area contributed by atoms with Crippen molar-refractivity contribution in [3.05, 3.63) is 21.7 Å². The van der Waals surface area contributed by atoms with Crippen LogP contribution in [0.15, 0.2) is 0 Å². The third-order valence-electron chi connectivity index (χ3n) is 4.93. The van der Waals surface area contributed by atoms with E-state index in [1.54, 1.807) is 13.8 Å². The first-order valence-corrected chi connectivity index (χ1v) is 8.08. The second kappa shape index (κ2) is 5.41. The quantitative estimate of drug-likeness (QED) is 0.885. The summed E-state index contributed by atoms with van der Waals surface area (Å²) in [5.41, 5.74) is 1.15. The van der Waals surface area contributed by atoms with Crippen molar-refractivity contribution in [2.45, 2.75) is 52.2 Å². The molecule has 1 aromatic rings. The molecule has 1 fully saturated rings. The molecule has 1 saturated carbocycles. The molecule has 0 amide bonds. The molecule has 0 saturated heterocycles. The Balaban J connectivity index is 2.00. The Kier molecular flexibility index (Phi) is 3.79. The summed E-state index contributed by atoms with van der Waals surface area (Å²) in [6.07, 6.45) is 2.44. The van der Waals surface area contributed by atoms with Gasteiger partial charge in [0.1, 0.15) is 5.78 Å². The first kappa shape index (κ1) is 16.1. The molecule has 1 N–H and O–H groups in total. The van der Waals surface area contributed by atoms with Gasteiger partial charge in [-0.15, -0.1) is 0 Å². The summed E-state index contributed by atoms with van der Waals surface area (Å²) in [4.78, 5) is 23.0. The Morgan fingerprint density at radius 3 is 2.30 bits per heavy atom. The maximum absolute atomic E-state index is 11.5. The number of hydrogen-bond acceptors (Lipinski definition) is 4. The fourth-order valence-corrected chi connectivity index (χ4v) is 3.76. The van der Waals surface area contributed by atoms with Gasteiger partial charge in [-0.3, -0.25) is 4.79 Å². The highest BCUT2D eigenvalue weighted by Gasteiger charge is 2.47. The SMILES string of the molecule is Cc1c(Cl)c2c(c(C)c1C(=O)O)OC(C)(C1CCC(=O)CC1)O2. The van der Waals surface area contributed by atoms with Crippen molar-refractivity contribution in [1.82, 2.24) is 0 Å². The van der Waals surface area contributed by atoms with Gasteiger partial charge in [-0.25, -0.2) is 4.79 Å². The molecule has 1 atom stereocenters. The third kappa shape index (κ3) is 2.47. The lowest BCUT2D eigenvalue weighted by atomic mass is 9.83. The molecule has 124 valence electrons. The van der Waals surface area contributed by atoms with Crippen LogP contribution in [0.2, 0.25) is 5.02 Å². The van der Waals surface area contributed by atoms with Crippen LogP contribution < -0.4 is 9.47 Å². The minimum absolute atomic E-state index is 0.0663. The molecule has 3 rings (SSSR count). The number of Topliss-reactive ketones (excluding diaryl/α,β-unsaturated/α-hetero) is 1. The van der Waals surface area contributed by atoms with Gasteiger partial charge in [-0.1, -0.05) is 11.6 Å². The minimum atomic E-state index is -1.04. The average molecular weight is 339 g/mol. The van der Waals surface area contributed by atoms with Crippen LogP contribution in [0.5, 0.6) is 11.5 Å². The molecule has 0 radical (unpaired) electrons. The second-order valence-electron chi connectivity index (χ2n) is 6.44. The molecule has 2 aliphatic rings.